The highest BCUT2D eigenvalue weighted by Gasteiger charge is 2.40. The zero-order valence-electron chi connectivity index (χ0n) is 8.57. The normalized spacial score (nSPS) is 42.0. The van der Waals surface area contributed by atoms with Crippen molar-refractivity contribution < 1.29 is 15.3 Å². The molecule has 0 spiro atoms. The molecule has 3 heteroatoms. The van der Waals surface area contributed by atoms with E-state index in [1.54, 1.807) is 13.8 Å². The van der Waals surface area contributed by atoms with Crippen LogP contribution in [0.5, 0.6) is 0 Å². The van der Waals surface area contributed by atoms with Gasteiger partial charge in [-0.25, -0.2) is 0 Å². The van der Waals surface area contributed by atoms with Gasteiger partial charge >= 0.3 is 0 Å². The van der Waals surface area contributed by atoms with Crippen molar-refractivity contribution in [1.29, 1.82) is 0 Å². The molecule has 3 N–H and O–H groups in total. The summed E-state index contributed by atoms with van der Waals surface area (Å²) < 4.78 is 0. The van der Waals surface area contributed by atoms with E-state index in [9.17, 15) is 15.3 Å². The van der Waals surface area contributed by atoms with Crippen molar-refractivity contribution in [3.05, 3.63) is 0 Å². The molecule has 0 bridgehead atoms. The Morgan fingerprint density at radius 2 is 1.62 bits per heavy atom. The molecule has 0 aliphatic heterocycles. The van der Waals surface area contributed by atoms with Crippen molar-refractivity contribution in [1.82, 2.24) is 0 Å². The van der Waals surface area contributed by atoms with Crippen molar-refractivity contribution >= 4 is 0 Å². The Labute approximate surface area is 79.4 Å². The maximum Gasteiger partial charge on any atom is 0.0645 e. The fourth-order valence-electron chi connectivity index (χ4n) is 2.11. The predicted octanol–water partition coefficient (Wildman–Crippen LogP) is 0.525. The summed E-state index contributed by atoms with van der Waals surface area (Å²) in [4.78, 5) is 0. The number of aliphatic hydroxyl groups excluding tert-OH is 2. The third-order valence-corrected chi connectivity index (χ3v) is 3.14. The van der Waals surface area contributed by atoms with E-state index in [1.807, 2.05) is 6.92 Å². The Hall–Kier alpha value is -0.120. The van der Waals surface area contributed by atoms with Gasteiger partial charge in [-0.05, 0) is 32.6 Å². The van der Waals surface area contributed by atoms with E-state index >= 15 is 0 Å². The van der Waals surface area contributed by atoms with Gasteiger partial charge in [-0.15, -0.1) is 0 Å². The molecule has 0 aromatic carbocycles. The quantitative estimate of drug-likeness (QED) is 0.562. The van der Waals surface area contributed by atoms with E-state index in [0.717, 1.165) is 0 Å². The van der Waals surface area contributed by atoms with Crippen LogP contribution >= 0.6 is 0 Å². The number of aliphatic hydroxyl groups is 3. The minimum atomic E-state index is -0.902. The predicted molar refractivity (Wildman–Crippen MR) is 50.2 cm³/mol. The van der Waals surface area contributed by atoms with Crippen molar-refractivity contribution in [3.63, 3.8) is 0 Å². The van der Waals surface area contributed by atoms with Gasteiger partial charge in [0.25, 0.3) is 0 Å². The molecule has 3 nitrogen and oxygen atoms in total. The third-order valence-electron chi connectivity index (χ3n) is 3.14. The largest absolute Gasteiger partial charge is 0.393 e. The summed E-state index contributed by atoms with van der Waals surface area (Å²) >= 11 is 0. The Morgan fingerprint density at radius 1 is 1.08 bits per heavy atom. The summed E-state index contributed by atoms with van der Waals surface area (Å²) in [6, 6.07) is 0. The lowest BCUT2D eigenvalue weighted by Gasteiger charge is -2.41. The second-order valence-corrected chi connectivity index (χ2v) is 4.84. The molecular weight excluding hydrogens is 168 g/mol. The van der Waals surface area contributed by atoms with Gasteiger partial charge in [0.2, 0.25) is 0 Å². The molecule has 0 amide bonds. The van der Waals surface area contributed by atoms with Gasteiger partial charge in [0.15, 0.2) is 0 Å². The highest BCUT2D eigenvalue weighted by atomic mass is 16.3. The average Bonchev–Trinajstić information content (AvgIpc) is 1.94. The van der Waals surface area contributed by atoms with Gasteiger partial charge in [0, 0.05) is 5.92 Å². The monoisotopic (exact) mass is 188 g/mol. The Bertz CT molecular complexity index is 173. The van der Waals surface area contributed by atoms with Gasteiger partial charge in [-0.2, -0.15) is 0 Å². The number of hydrogen-bond acceptors (Lipinski definition) is 3. The fourth-order valence-corrected chi connectivity index (χ4v) is 2.11. The van der Waals surface area contributed by atoms with Crippen LogP contribution in [0.25, 0.3) is 0 Å². The van der Waals surface area contributed by atoms with E-state index < -0.39 is 11.7 Å². The number of rotatable bonds is 1. The lowest BCUT2D eigenvalue weighted by Crippen LogP contribution is -2.47. The van der Waals surface area contributed by atoms with Crippen LogP contribution in [-0.2, 0) is 0 Å². The molecule has 0 aromatic heterocycles. The molecule has 0 unspecified atom stereocenters. The summed E-state index contributed by atoms with van der Waals surface area (Å²) in [5, 5.41) is 29.1. The number of hydrogen-bond donors (Lipinski definition) is 3. The summed E-state index contributed by atoms with van der Waals surface area (Å²) in [5.41, 5.74) is -0.902. The van der Waals surface area contributed by atoms with E-state index in [-0.39, 0.29) is 17.9 Å². The fraction of sp³-hybridized carbons (Fsp3) is 1.00. The zero-order chi connectivity index (χ0) is 10.2. The third kappa shape index (κ3) is 2.42. The summed E-state index contributed by atoms with van der Waals surface area (Å²) in [5.74, 6) is -0.0766. The van der Waals surface area contributed by atoms with Crippen LogP contribution in [0.15, 0.2) is 0 Å². The molecule has 0 radical (unpaired) electrons. The molecular formula is C10H20O3. The minimum absolute atomic E-state index is 0.133. The molecule has 1 fully saturated rings. The van der Waals surface area contributed by atoms with Crippen molar-refractivity contribution in [3.8, 4) is 0 Å². The first-order chi connectivity index (χ1) is 5.82. The molecule has 1 aliphatic rings. The Morgan fingerprint density at radius 3 is 2.08 bits per heavy atom. The summed E-state index contributed by atoms with van der Waals surface area (Å²) in [6.45, 7) is 5.29. The Balaban J connectivity index is 2.67. The zero-order valence-corrected chi connectivity index (χ0v) is 8.57. The van der Waals surface area contributed by atoms with Gasteiger partial charge < -0.3 is 15.3 Å². The maximum atomic E-state index is 9.75. The van der Waals surface area contributed by atoms with E-state index in [4.69, 9.17) is 0 Å². The SMILES string of the molecule is C[C@H]1C[C@@H](O)[C@H](C(C)(C)O)C[C@@H]1O. The molecule has 1 rings (SSSR count). The first kappa shape index (κ1) is 11.0. The molecule has 78 valence electrons. The molecule has 13 heavy (non-hydrogen) atoms. The molecule has 4 atom stereocenters. The molecule has 0 saturated heterocycles. The lowest BCUT2D eigenvalue weighted by molar-refractivity contribution is -0.106. The van der Waals surface area contributed by atoms with Crippen molar-refractivity contribution in [2.24, 2.45) is 11.8 Å². The van der Waals surface area contributed by atoms with Crippen LogP contribution in [0.2, 0.25) is 0 Å². The van der Waals surface area contributed by atoms with Crippen LogP contribution in [0.1, 0.15) is 33.6 Å². The average molecular weight is 188 g/mol. The standard InChI is InChI=1S/C10H20O3/c1-6-4-9(12)7(5-8(6)11)10(2,3)13/h6-9,11-13H,4-5H2,1-3H3/t6-,7+,8-,9+/m0/s1. The first-order valence-electron chi connectivity index (χ1n) is 4.91. The van der Waals surface area contributed by atoms with Gasteiger partial charge in [0.05, 0.1) is 17.8 Å². The molecule has 1 aliphatic carbocycles. The molecule has 1 saturated carbocycles. The summed E-state index contributed by atoms with van der Waals surface area (Å²) in [6.07, 6.45) is 0.194. The molecule has 0 heterocycles. The molecule has 0 aromatic rings. The van der Waals surface area contributed by atoms with Crippen LogP contribution in [0, 0.1) is 11.8 Å². The van der Waals surface area contributed by atoms with Gasteiger partial charge in [-0.1, -0.05) is 6.92 Å². The highest BCUT2D eigenvalue weighted by molar-refractivity contribution is 4.91. The summed E-state index contributed by atoms with van der Waals surface area (Å²) in [7, 11) is 0. The smallest absolute Gasteiger partial charge is 0.0645 e. The minimum Gasteiger partial charge on any atom is -0.393 e. The van der Waals surface area contributed by atoms with E-state index in [2.05, 4.69) is 0 Å². The van der Waals surface area contributed by atoms with Crippen LogP contribution in [0.3, 0.4) is 0 Å². The van der Waals surface area contributed by atoms with Crippen molar-refractivity contribution in [2.75, 3.05) is 0 Å². The van der Waals surface area contributed by atoms with Crippen LogP contribution in [-0.4, -0.2) is 33.1 Å². The second kappa shape index (κ2) is 3.56. The Kier molecular flexibility index (Phi) is 3.00. The first-order valence-corrected chi connectivity index (χ1v) is 4.91. The highest BCUT2D eigenvalue weighted by Crippen LogP contribution is 2.35. The van der Waals surface area contributed by atoms with E-state index in [1.165, 1.54) is 0 Å². The van der Waals surface area contributed by atoms with E-state index in [0.29, 0.717) is 12.8 Å². The van der Waals surface area contributed by atoms with Gasteiger partial charge in [-0.3, -0.25) is 0 Å². The lowest BCUT2D eigenvalue weighted by atomic mass is 9.72. The van der Waals surface area contributed by atoms with Crippen molar-refractivity contribution in [2.45, 2.75) is 51.4 Å². The topological polar surface area (TPSA) is 60.7 Å². The van der Waals surface area contributed by atoms with Crippen LogP contribution in [0.4, 0.5) is 0 Å². The maximum absolute atomic E-state index is 9.75. The van der Waals surface area contributed by atoms with Crippen LogP contribution < -0.4 is 0 Å². The van der Waals surface area contributed by atoms with Gasteiger partial charge in [0.1, 0.15) is 0 Å². The second-order valence-electron chi connectivity index (χ2n) is 4.84.